The quantitative estimate of drug-likeness (QED) is 0.293. The fourth-order valence-corrected chi connectivity index (χ4v) is 5.59. The molecule has 7 nitrogen and oxygen atoms in total. The Hall–Kier alpha value is -2.92. The van der Waals surface area contributed by atoms with E-state index in [-0.39, 0.29) is 23.4 Å². The van der Waals surface area contributed by atoms with E-state index in [9.17, 15) is 18.0 Å². The summed E-state index contributed by atoms with van der Waals surface area (Å²) in [7, 11) is -4.06. The highest BCUT2D eigenvalue weighted by molar-refractivity contribution is 14.1. The number of carbonyl (C=O) groups is 2. The fraction of sp³-hybridized carbons (Fsp3) is 0.310. The molecule has 2 atom stereocenters. The molecule has 3 aromatic rings. The van der Waals surface area contributed by atoms with Gasteiger partial charge >= 0.3 is 0 Å². The standard InChI is InChI=1S/C29H34IN3O4S/c1-5-22(3)31-29(35)23(4)32(19-24-13-11-21(2)12-14-24)28(34)20-33(26-17-15-25(30)16-18-26)38(36,37)27-9-7-6-8-10-27/h6-18,22-23H,5,19-20H2,1-4H3,(H,31,35). The van der Waals surface area contributed by atoms with Gasteiger partial charge in [0.05, 0.1) is 10.6 Å². The third kappa shape index (κ3) is 7.57. The summed E-state index contributed by atoms with van der Waals surface area (Å²) in [5.74, 6) is -0.762. The number of hydrogen-bond acceptors (Lipinski definition) is 4. The summed E-state index contributed by atoms with van der Waals surface area (Å²) in [6, 6.07) is 21.8. The van der Waals surface area contributed by atoms with Crippen molar-refractivity contribution < 1.29 is 18.0 Å². The minimum atomic E-state index is -4.06. The second kappa shape index (κ2) is 13.2. The molecule has 0 spiro atoms. The molecule has 0 aromatic heterocycles. The third-order valence-corrected chi connectivity index (χ3v) is 8.87. The van der Waals surface area contributed by atoms with Crippen LogP contribution in [0.4, 0.5) is 5.69 Å². The van der Waals surface area contributed by atoms with E-state index in [0.29, 0.717) is 5.69 Å². The monoisotopic (exact) mass is 647 g/mol. The Balaban J connectivity index is 2.00. The molecule has 3 rings (SSSR count). The molecule has 0 fully saturated rings. The summed E-state index contributed by atoms with van der Waals surface area (Å²) < 4.78 is 29.5. The van der Waals surface area contributed by atoms with Crippen molar-refractivity contribution in [1.82, 2.24) is 10.2 Å². The molecule has 9 heteroatoms. The second-order valence-electron chi connectivity index (χ2n) is 9.30. The lowest BCUT2D eigenvalue weighted by molar-refractivity contribution is -0.139. The molecular formula is C29H34IN3O4S. The van der Waals surface area contributed by atoms with Crippen LogP contribution < -0.4 is 9.62 Å². The highest BCUT2D eigenvalue weighted by atomic mass is 127. The fourth-order valence-electron chi connectivity index (χ4n) is 3.79. The van der Waals surface area contributed by atoms with Crippen LogP contribution in [0.3, 0.4) is 0 Å². The highest BCUT2D eigenvalue weighted by Gasteiger charge is 2.32. The summed E-state index contributed by atoms with van der Waals surface area (Å²) >= 11 is 2.14. The van der Waals surface area contributed by atoms with Gasteiger partial charge in [0.25, 0.3) is 10.0 Å². The molecule has 0 radical (unpaired) electrons. The second-order valence-corrected chi connectivity index (χ2v) is 12.4. The first-order valence-electron chi connectivity index (χ1n) is 12.5. The van der Waals surface area contributed by atoms with E-state index in [4.69, 9.17) is 0 Å². The van der Waals surface area contributed by atoms with Gasteiger partial charge in [-0.05, 0) is 91.7 Å². The van der Waals surface area contributed by atoms with Crippen LogP contribution >= 0.6 is 22.6 Å². The molecule has 0 saturated heterocycles. The van der Waals surface area contributed by atoms with Gasteiger partial charge in [-0.15, -0.1) is 0 Å². The molecule has 0 aliphatic rings. The van der Waals surface area contributed by atoms with Crippen LogP contribution in [0.1, 0.15) is 38.3 Å². The van der Waals surface area contributed by atoms with E-state index in [1.165, 1.54) is 17.0 Å². The van der Waals surface area contributed by atoms with Crippen molar-refractivity contribution in [2.24, 2.45) is 0 Å². The summed E-state index contributed by atoms with van der Waals surface area (Å²) in [4.78, 5) is 28.5. The van der Waals surface area contributed by atoms with Crippen molar-refractivity contribution in [3.05, 3.63) is 93.6 Å². The minimum Gasteiger partial charge on any atom is -0.352 e. The van der Waals surface area contributed by atoms with Gasteiger partial charge in [-0.3, -0.25) is 13.9 Å². The maximum atomic E-state index is 13.9. The number of halogens is 1. The van der Waals surface area contributed by atoms with Gasteiger partial charge in [-0.25, -0.2) is 8.42 Å². The SMILES string of the molecule is CCC(C)NC(=O)C(C)N(Cc1ccc(C)cc1)C(=O)CN(c1ccc(I)cc1)S(=O)(=O)c1ccccc1. The first-order valence-corrected chi connectivity index (χ1v) is 15.0. The number of benzene rings is 3. The van der Waals surface area contributed by atoms with Gasteiger partial charge in [0, 0.05) is 16.2 Å². The molecule has 0 aliphatic heterocycles. The van der Waals surface area contributed by atoms with Crippen molar-refractivity contribution >= 4 is 50.1 Å². The maximum Gasteiger partial charge on any atom is 0.264 e. The lowest BCUT2D eigenvalue weighted by Crippen LogP contribution is -2.52. The number of rotatable bonds is 11. The molecule has 38 heavy (non-hydrogen) atoms. The predicted molar refractivity (Wildman–Crippen MR) is 159 cm³/mol. The Morgan fingerprint density at radius 3 is 2.11 bits per heavy atom. The first-order chi connectivity index (χ1) is 18.0. The maximum absolute atomic E-state index is 13.9. The number of carbonyl (C=O) groups excluding carboxylic acids is 2. The lowest BCUT2D eigenvalue weighted by atomic mass is 10.1. The average Bonchev–Trinajstić information content (AvgIpc) is 2.91. The molecule has 1 N–H and O–H groups in total. The van der Waals surface area contributed by atoms with E-state index >= 15 is 0 Å². The number of nitrogens with zero attached hydrogens (tertiary/aromatic N) is 2. The molecular weight excluding hydrogens is 613 g/mol. The Kier molecular flexibility index (Phi) is 10.3. The first kappa shape index (κ1) is 29.6. The predicted octanol–water partition coefficient (Wildman–Crippen LogP) is 5.13. The summed E-state index contributed by atoms with van der Waals surface area (Å²) in [6.45, 7) is 7.23. The van der Waals surface area contributed by atoms with E-state index in [0.717, 1.165) is 25.4 Å². The molecule has 2 unspecified atom stereocenters. The van der Waals surface area contributed by atoms with Crippen molar-refractivity contribution in [2.45, 2.75) is 57.6 Å². The molecule has 3 aromatic carbocycles. The van der Waals surface area contributed by atoms with E-state index < -0.39 is 28.5 Å². The number of aryl methyl sites for hydroxylation is 1. The van der Waals surface area contributed by atoms with Crippen LogP contribution in [0.2, 0.25) is 0 Å². The van der Waals surface area contributed by atoms with Crippen LogP contribution in [0, 0.1) is 10.5 Å². The van der Waals surface area contributed by atoms with Crippen LogP contribution in [0.25, 0.3) is 0 Å². The van der Waals surface area contributed by atoms with E-state index in [1.54, 1.807) is 49.4 Å². The third-order valence-electron chi connectivity index (χ3n) is 6.37. The summed E-state index contributed by atoms with van der Waals surface area (Å²) in [5, 5.41) is 2.94. The van der Waals surface area contributed by atoms with Crippen molar-refractivity contribution in [1.29, 1.82) is 0 Å². The zero-order valence-corrected chi connectivity index (χ0v) is 25.1. The minimum absolute atomic E-state index is 0.0528. The number of hydrogen-bond donors (Lipinski definition) is 1. The summed E-state index contributed by atoms with van der Waals surface area (Å²) in [6.07, 6.45) is 0.750. The summed E-state index contributed by atoms with van der Waals surface area (Å²) in [5.41, 5.74) is 2.29. The van der Waals surface area contributed by atoms with Gasteiger partial charge in [-0.2, -0.15) is 0 Å². The molecule has 202 valence electrons. The zero-order chi connectivity index (χ0) is 27.9. The average molecular weight is 648 g/mol. The van der Waals surface area contributed by atoms with Crippen LogP contribution in [-0.2, 0) is 26.2 Å². The van der Waals surface area contributed by atoms with E-state index in [1.807, 2.05) is 45.0 Å². The molecule has 2 amide bonds. The highest BCUT2D eigenvalue weighted by Crippen LogP contribution is 2.25. The number of nitrogens with one attached hydrogen (secondary N) is 1. The Morgan fingerprint density at radius 2 is 1.53 bits per heavy atom. The van der Waals surface area contributed by atoms with E-state index in [2.05, 4.69) is 27.9 Å². The van der Waals surface area contributed by atoms with Crippen LogP contribution in [-0.4, -0.2) is 43.8 Å². The van der Waals surface area contributed by atoms with Gasteiger partial charge in [-0.1, -0.05) is 55.0 Å². The van der Waals surface area contributed by atoms with Gasteiger partial charge in [0.1, 0.15) is 12.6 Å². The topological polar surface area (TPSA) is 86.8 Å². The Bertz CT molecular complexity index is 1330. The molecule has 0 saturated carbocycles. The van der Waals surface area contributed by atoms with Gasteiger partial charge in [0.2, 0.25) is 11.8 Å². The Morgan fingerprint density at radius 1 is 0.921 bits per heavy atom. The molecule has 0 bridgehead atoms. The van der Waals surface area contributed by atoms with Crippen LogP contribution in [0.5, 0.6) is 0 Å². The van der Waals surface area contributed by atoms with Crippen molar-refractivity contribution in [2.75, 3.05) is 10.8 Å². The number of amides is 2. The number of anilines is 1. The smallest absolute Gasteiger partial charge is 0.264 e. The zero-order valence-electron chi connectivity index (χ0n) is 22.1. The van der Waals surface area contributed by atoms with Crippen molar-refractivity contribution in [3.8, 4) is 0 Å². The largest absolute Gasteiger partial charge is 0.352 e. The van der Waals surface area contributed by atoms with Gasteiger partial charge < -0.3 is 10.2 Å². The molecule has 0 aliphatic carbocycles. The molecule has 0 heterocycles. The van der Waals surface area contributed by atoms with Crippen molar-refractivity contribution in [3.63, 3.8) is 0 Å². The normalized spacial score (nSPS) is 12.9. The Labute approximate surface area is 239 Å². The van der Waals surface area contributed by atoms with Gasteiger partial charge in [0.15, 0.2) is 0 Å². The lowest BCUT2D eigenvalue weighted by Gasteiger charge is -2.32. The number of sulfonamides is 1. The van der Waals surface area contributed by atoms with Crippen LogP contribution in [0.15, 0.2) is 83.8 Å².